The smallest absolute Gasteiger partial charge is 0.0994 e. The zero-order valence-corrected chi connectivity index (χ0v) is 12.1. The van der Waals surface area contributed by atoms with Gasteiger partial charge in [0, 0.05) is 11.6 Å². The van der Waals surface area contributed by atoms with Crippen molar-refractivity contribution >= 4 is 11.6 Å². The van der Waals surface area contributed by atoms with Crippen LogP contribution in [0.3, 0.4) is 0 Å². The number of nitrogens with zero attached hydrogens (tertiary/aromatic N) is 3. The molecule has 0 saturated heterocycles. The predicted octanol–water partition coefficient (Wildman–Crippen LogP) is 2.64. The summed E-state index contributed by atoms with van der Waals surface area (Å²) in [5.74, 6) is 0.543. The molecule has 1 aromatic heterocycles. The van der Waals surface area contributed by atoms with E-state index in [1.807, 2.05) is 28.9 Å². The third-order valence-electron chi connectivity index (χ3n) is 2.93. The van der Waals surface area contributed by atoms with Crippen LogP contribution < -0.4 is 5.73 Å². The highest BCUT2D eigenvalue weighted by atomic mass is 35.5. The van der Waals surface area contributed by atoms with Gasteiger partial charge in [0.2, 0.25) is 0 Å². The van der Waals surface area contributed by atoms with Crippen LogP contribution in [0.1, 0.15) is 30.8 Å². The number of halogens is 1. The molecule has 0 radical (unpaired) electrons. The van der Waals surface area contributed by atoms with E-state index in [0.29, 0.717) is 19.0 Å². The molecule has 102 valence electrons. The van der Waals surface area contributed by atoms with Gasteiger partial charge in [-0.3, -0.25) is 0 Å². The summed E-state index contributed by atoms with van der Waals surface area (Å²) in [7, 11) is 0. The Morgan fingerprint density at radius 1 is 1.37 bits per heavy atom. The van der Waals surface area contributed by atoms with Crippen molar-refractivity contribution < 1.29 is 0 Å². The molecule has 0 aliphatic carbocycles. The van der Waals surface area contributed by atoms with E-state index in [1.165, 1.54) is 0 Å². The molecule has 19 heavy (non-hydrogen) atoms. The van der Waals surface area contributed by atoms with Gasteiger partial charge < -0.3 is 5.73 Å². The Morgan fingerprint density at radius 2 is 2.16 bits per heavy atom. The maximum Gasteiger partial charge on any atom is 0.0994 e. The summed E-state index contributed by atoms with van der Waals surface area (Å²) >= 11 is 6.00. The lowest BCUT2D eigenvalue weighted by Gasteiger charge is -2.10. The van der Waals surface area contributed by atoms with Gasteiger partial charge in [0.25, 0.3) is 0 Å². The fraction of sp³-hybridized carbons (Fsp3) is 0.429. The molecule has 1 heterocycles. The fourth-order valence-corrected chi connectivity index (χ4v) is 2.29. The molecule has 0 unspecified atom stereocenters. The molecule has 2 N–H and O–H groups in total. The maximum absolute atomic E-state index is 6.00. The lowest BCUT2D eigenvalue weighted by Crippen LogP contribution is -2.11. The van der Waals surface area contributed by atoms with E-state index in [4.69, 9.17) is 17.3 Å². The topological polar surface area (TPSA) is 56.7 Å². The lowest BCUT2D eigenvalue weighted by molar-refractivity contribution is 0.563. The van der Waals surface area contributed by atoms with Gasteiger partial charge >= 0.3 is 0 Å². The van der Waals surface area contributed by atoms with E-state index in [0.717, 1.165) is 28.4 Å². The van der Waals surface area contributed by atoms with E-state index < -0.39 is 0 Å². The van der Waals surface area contributed by atoms with Crippen LogP contribution in [0, 0.1) is 5.92 Å². The molecule has 2 aromatic rings. The van der Waals surface area contributed by atoms with Crippen molar-refractivity contribution in [2.24, 2.45) is 11.7 Å². The van der Waals surface area contributed by atoms with Crippen LogP contribution in [-0.2, 0) is 19.5 Å². The third-order valence-corrected chi connectivity index (χ3v) is 3.17. The highest BCUT2D eigenvalue weighted by molar-refractivity contribution is 6.30. The number of hydrogen-bond acceptors (Lipinski definition) is 3. The highest BCUT2D eigenvalue weighted by Crippen LogP contribution is 2.15. The summed E-state index contributed by atoms with van der Waals surface area (Å²) in [5.41, 5.74) is 8.84. The molecule has 4 nitrogen and oxygen atoms in total. The van der Waals surface area contributed by atoms with Crippen LogP contribution >= 0.6 is 11.6 Å². The average Bonchev–Trinajstić information content (AvgIpc) is 2.71. The Kier molecular flexibility index (Phi) is 4.56. The Balaban J connectivity index is 2.27. The number of hydrogen-bond donors (Lipinski definition) is 1. The first kappa shape index (κ1) is 14.0. The molecule has 0 saturated carbocycles. The van der Waals surface area contributed by atoms with Crippen LogP contribution in [-0.4, -0.2) is 15.0 Å². The zero-order valence-electron chi connectivity index (χ0n) is 11.3. The molecule has 0 fully saturated rings. The van der Waals surface area contributed by atoms with E-state index >= 15 is 0 Å². The monoisotopic (exact) mass is 278 g/mol. The minimum atomic E-state index is 0.428. The van der Waals surface area contributed by atoms with E-state index in [-0.39, 0.29) is 0 Å². The van der Waals surface area contributed by atoms with Gasteiger partial charge in [-0.1, -0.05) is 42.8 Å². The molecule has 0 aliphatic rings. The lowest BCUT2D eigenvalue weighted by atomic mass is 10.1. The third kappa shape index (κ3) is 3.55. The van der Waals surface area contributed by atoms with E-state index in [1.54, 1.807) is 0 Å². The molecule has 0 spiro atoms. The van der Waals surface area contributed by atoms with Gasteiger partial charge in [-0.05, 0) is 30.0 Å². The standard InChI is InChI=1S/C14H19ClN4/c1-10(2)6-14-13(8-16)17-18-19(14)9-11-4-3-5-12(15)7-11/h3-5,7,10H,6,8-9,16H2,1-2H3. The first-order chi connectivity index (χ1) is 9.10. The van der Waals surface area contributed by atoms with Crippen LogP contribution in [0.5, 0.6) is 0 Å². The van der Waals surface area contributed by atoms with Gasteiger partial charge in [-0.25, -0.2) is 4.68 Å². The van der Waals surface area contributed by atoms with E-state index in [9.17, 15) is 0 Å². The molecule has 0 bridgehead atoms. The fourth-order valence-electron chi connectivity index (χ4n) is 2.07. The SMILES string of the molecule is CC(C)Cc1c(CN)nnn1Cc1cccc(Cl)c1. The second-order valence-corrected chi connectivity index (χ2v) is 5.51. The van der Waals surface area contributed by atoms with Gasteiger partial charge in [0.15, 0.2) is 0 Å². The summed E-state index contributed by atoms with van der Waals surface area (Å²) in [6.45, 7) is 5.46. The highest BCUT2D eigenvalue weighted by Gasteiger charge is 2.13. The summed E-state index contributed by atoms with van der Waals surface area (Å²) in [4.78, 5) is 0. The molecular weight excluding hydrogens is 260 g/mol. The number of nitrogens with two attached hydrogens (primary N) is 1. The average molecular weight is 279 g/mol. The number of rotatable bonds is 5. The predicted molar refractivity (Wildman–Crippen MR) is 77.0 cm³/mol. The maximum atomic E-state index is 6.00. The first-order valence-corrected chi connectivity index (χ1v) is 6.83. The largest absolute Gasteiger partial charge is 0.325 e. The zero-order chi connectivity index (χ0) is 13.8. The van der Waals surface area contributed by atoms with Crippen molar-refractivity contribution in [1.29, 1.82) is 0 Å². The van der Waals surface area contributed by atoms with Crippen LogP contribution in [0.25, 0.3) is 0 Å². The van der Waals surface area contributed by atoms with Gasteiger partial charge in [-0.2, -0.15) is 0 Å². The van der Waals surface area contributed by atoms with Crippen LogP contribution in [0.2, 0.25) is 5.02 Å². The summed E-state index contributed by atoms with van der Waals surface area (Å²) in [5, 5.41) is 9.11. The second-order valence-electron chi connectivity index (χ2n) is 5.07. The molecule has 2 rings (SSSR count). The van der Waals surface area contributed by atoms with Crippen LogP contribution in [0.4, 0.5) is 0 Å². The molecule has 0 aliphatic heterocycles. The Morgan fingerprint density at radius 3 is 2.79 bits per heavy atom. The van der Waals surface area contributed by atoms with E-state index in [2.05, 4.69) is 24.2 Å². The Labute approximate surface area is 118 Å². The van der Waals surface area contributed by atoms with Crippen molar-refractivity contribution in [2.45, 2.75) is 33.4 Å². The van der Waals surface area contributed by atoms with Gasteiger partial charge in [0.1, 0.15) is 0 Å². The van der Waals surface area contributed by atoms with Crippen LogP contribution in [0.15, 0.2) is 24.3 Å². The summed E-state index contributed by atoms with van der Waals surface area (Å²) < 4.78 is 1.92. The van der Waals surface area contributed by atoms with Crippen molar-refractivity contribution in [1.82, 2.24) is 15.0 Å². The second kappa shape index (κ2) is 6.17. The van der Waals surface area contributed by atoms with Gasteiger partial charge in [0.05, 0.1) is 17.9 Å². The van der Waals surface area contributed by atoms with Crippen molar-refractivity contribution in [2.75, 3.05) is 0 Å². The van der Waals surface area contributed by atoms with Crippen molar-refractivity contribution in [3.63, 3.8) is 0 Å². The molecule has 1 aromatic carbocycles. The number of aromatic nitrogens is 3. The minimum absolute atomic E-state index is 0.428. The summed E-state index contributed by atoms with van der Waals surface area (Å²) in [6, 6.07) is 7.80. The minimum Gasteiger partial charge on any atom is -0.325 e. The number of benzene rings is 1. The van der Waals surface area contributed by atoms with Gasteiger partial charge in [-0.15, -0.1) is 5.10 Å². The van der Waals surface area contributed by atoms with Crippen molar-refractivity contribution in [3.8, 4) is 0 Å². The van der Waals surface area contributed by atoms with Crippen molar-refractivity contribution in [3.05, 3.63) is 46.2 Å². The quantitative estimate of drug-likeness (QED) is 0.915. The first-order valence-electron chi connectivity index (χ1n) is 6.46. The normalized spacial score (nSPS) is 11.2. The Hall–Kier alpha value is -1.39. The molecule has 0 amide bonds. The molecule has 5 heteroatoms. The molecular formula is C14H19ClN4. The Bertz CT molecular complexity index is 548. The molecule has 0 atom stereocenters. The summed E-state index contributed by atoms with van der Waals surface area (Å²) in [6.07, 6.45) is 0.931.